The van der Waals surface area contributed by atoms with E-state index >= 15 is 0 Å². The van der Waals surface area contributed by atoms with Crippen LogP contribution in [0, 0.1) is 0 Å². The van der Waals surface area contributed by atoms with Crippen molar-refractivity contribution in [2.75, 3.05) is 5.32 Å². The van der Waals surface area contributed by atoms with Crippen LogP contribution in [-0.2, 0) is 6.54 Å². The molecule has 0 spiro atoms. The fourth-order valence-electron chi connectivity index (χ4n) is 2.21. The van der Waals surface area contributed by atoms with Gasteiger partial charge in [0.1, 0.15) is 5.75 Å². The molecule has 106 valence electrons. The van der Waals surface area contributed by atoms with Gasteiger partial charge in [0.15, 0.2) is 0 Å². The molecule has 0 saturated carbocycles. The lowest BCUT2D eigenvalue weighted by Crippen LogP contribution is -2.19. The van der Waals surface area contributed by atoms with E-state index in [1.165, 1.54) is 0 Å². The van der Waals surface area contributed by atoms with Gasteiger partial charge in [-0.3, -0.25) is 4.79 Å². The minimum atomic E-state index is -0.0382. The number of phenolic OH excluding ortho intramolecular Hbond substituents is 1. The molecule has 0 radical (unpaired) electrons. The van der Waals surface area contributed by atoms with Crippen LogP contribution in [0.5, 0.6) is 5.75 Å². The zero-order chi connectivity index (χ0) is 14.5. The number of nitrogens with one attached hydrogen (secondary N) is 1. The van der Waals surface area contributed by atoms with E-state index in [1.54, 1.807) is 28.8 Å². The minimum Gasteiger partial charge on any atom is -0.508 e. The Kier molecular flexibility index (Phi) is 4.45. The number of anilines is 1. The van der Waals surface area contributed by atoms with Crippen LogP contribution < -0.4 is 10.9 Å². The Balaban J connectivity index is 2.20. The first-order chi connectivity index (χ1) is 9.61. The lowest BCUT2D eigenvalue weighted by molar-refractivity contribution is 0.465. The molecule has 1 atom stereocenters. The maximum atomic E-state index is 11.7. The fraction of sp³-hybridized carbons (Fsp3) is 0.312. The molecular formula is C16H20N2O2. The highest BCUT2D eigenvalue weighted by Gasteiger charge is 2.09. The smallest absolute Gasteiger partial charge is 0.250 e. The second-order valence-corrected chi connectivity index (χ2v) is 4.87. The van der Waals surface area contributed by atoms with Crippen molar-refractivity contribution >= 4 is 5.69 Å². The molecule has 2 aromatic rings. The average molecular weight is 272 g/mol. The zero-order valence-corrected chi connectivity index (χ0v) is 11.8. The van der Waals surface area contributed by atoms with Gasteiger partial charge < -0.3 is 15.0 Å². The van der Waals surface area contributed by atoms with E-state index in [2.05, 4.69) is 5.32 Å². The van der Waals surface area contributed by atoms with Gasteiger partial charge >= 0.3 is 0 Å². The Morgan fingerprint density at radius 2 is 2.00 bits per heavy atom. The van der Waals surface area contributed by atoms with Crippen LogP contribution in [0.3, 0.4) is 0 Å². The lowest BCUT2D eigenvalue weighted by atomic mass is 10.1. The third-order valence-electron chi connectivity index (χ3n) is 3.23. The zero-order valence-electron chi connectivity index (χ0n) is 11.8. The highest BCUT2D eigenvalue weighted by atomic mass is 16.3. The van der Waals surface area contributed by atoms with E-state index in [0.29, 0.717) is 6.54 Å². The van der Waals surface area contributed by atoms with Gasteiger partial charge in [0.25, 0.3) is 5.56 Å². The van der Waals surface area contributed by atoms with Crippen molar-refractivity contribution in [2.45, 2.75) is 32.9 Å². The van der Waals surface area contributed by atoms with Gasteiger partial charge in [0, 0.05) is 24.4 Å². The van der Waals surface area contributed by atoms with Crippen molar-refractivity contribution in [1.29, 1.82) is 0 Å². The van der Waals surface area contributed by atoms with Crippen LogP contribution >= 0.6 is 0 Å². The third kappa shape index (κ3) is 3.20. The summed E-state index contributed by atoms with van der Waals surface area (Å²) in [5.74, 6) is 0.273. The number of rotatable bonds is 5. The van der Waals surface area contributed by atoms with Crippen LogP contribution in [0.25, 0.3) is 0 Å². The summed E-state index contributed by atoms with van der Waals surface area (Å²) in [4.78, 5) is 11.7. The van der Waals surface area contributed by atoms with Crippen LogP contribution in [-0.4, -0.2) is 9.67 Å². The molecule has 2 N–H and O–H groups in total. The van der Waals surface area contributed by atoms with Crippen molar-refractivity contribution in [2.24, 2.45) is 0 Å². The number of para-hydroxylation sites is 1. The lowest BCUT2D eigenvalue weighted by Gasteiger charge is -2.17. The molecule has 0 aliphatic rings. The first-order valence-electron chi connectivity index (χ1n) is 6.86. The van der Waals surface area contributed by atoms with Gasteiger partial charge in [0.05, 0.1) is 11.7 Å². The summed E-state index contributed by atoms with van der Waals surface area (Å²) < 4.78 is 1.69. The van der Waals surface area contributed by atoms with Crippen molar-refractivity contribution in [3.05, 3.63) is 58.5 Å². The number of aromatic hydroxyl groups is 1. The first-order valence-corrected chi connectivity index (χ1v) is 6.86. The molecule has 0 fully saturated rings. The van der Waals surface area contributed by atoms with E-state index in [-0.39, 0.29) is 17.4 Å². The molecule has 1 aromatic heterocycles. The minimum absolute atomic E-state index is 0.00705. The summed E-state index contributed by atoms with van der Waals surface area (Å²) in [5.41, 5.74) is 1.71. The van der Waals surface area contributed by atoms with E-state index in [4.69, 9.17) is 0 Å². The SMILES string of the molecule is CCCn1cc(NC(C)c2ccccc2O)ccc1=O. The van der Waals surface area contributed by atoms with E-state index in [1.807, 2.05) is 32.2 Å². The first kappa shape index (κ1) is 14.2. The van der Waals surface area contributed by atoms with Crippen molar-refractivity contribution in [3.8, 4) is 5.75 Å². The molecule has 0 aliphatic heterocycles. The van der Waals surface area contributed by atoms with Crippen LogP contribution in [0.1, 0.15) is 31.9 Å². The Hall–Kier alpha value is -2.23. The maximum absolute atomic E-state index is 11.7. The topological polar surface area (TPSA) is 54.3 Å². The summed E-state index contributed by atoms with van der Waals surface area (Å²) in [6.45, 7) is 4.72. The predicted molar refractivity (Wildman–Crippen MR) is 81.1 cm³/mol. The Bertz CT molecular complexity index is 634. The molecule has 1 unspecified atom stereocenters. The average Bonchev–Trinajstić information content (AvgIpc) is 2.43. The number of pyridine rings is 1. The fourth-order valence-corrected chi connectivity index (χ4v) is 2.21. The van der Waals surface area contributed by atoms with Crippen molar-refractivity contribution in [3.63, 3.8) is 0 Å². The van der Waals surface area contributed by atoms with Gasteiger partial charge in [-0.15, -0.1) is 0 Å². The highest BCUT2D eigenvalue weighted by molar-refractivity contribution is 5.45. The number of hydrogen-bond donors (Lipinski definition) is 2. The van der Waals surface area contributed by atoms with Gasteiger partial charge in [-0.2, -0.15) is 0 Å². The van der Waals surface area contributed by atoms with Crippen LogP contribution in [0.15, 0.2) is 47.4 Å². The summed E-state index contributed by atoms with van der Waals surface area (Å²) in [6, 6.07) is 10.5. The summed E-state index contributed by atoms with van der Waals surface area (Å²) in [6.07, 6.45) is 2.74. The summed E-state index contributed by atoms with van der Waals surface area (Å²) >= 11 is 0. The summed E-state index contributed by atoms with van der Waals surface area (Å²) in [5, 5.41) is 13.2. The highest BCUT2D eigenvalue weighted by Crippen LogP contribution is 2.26. The monoisotopic (exact) mass is 272 g/mol. The number of phenols is 1. The maximum Gasteiger partial charge on any atom is 0.250 e. The second-order valence-electron chi connectivity index (χ2n) is 4.87. The van der Waals surface area contributed by atoms with E-state index in [0.717, 1.165) is 17.7 Å². The van der Waals surface area contributed by atoms with Gasteiger partial charge in [0.2, 0.25) is 0 Å². The van der Waals surface area contributed by atoms with E-state index in [9.17, 15) is 9.90 Å². The number of aryl methyl sites for hydroxylation is 1. The molecule has 0 saturated heterocycles. The number of hydrogen-bond acceptors (Lipinski definition) is 3. The molecule has 0 amide bonds. The standard InChI is InChI=1S/C16H20N2O2/c1-3-10-18-11-13(8-9-16(18)20)17-12(2)14-6-4-5-7-15(14)19/h4-9,11-12,17,19H,3,10H2,1-2H3. The molecule has 0 aliphatic carbocycles. The molecule has 1 aromatic carbocycles. The third-order valence-corrected chi connectivity index (χ3v) is 3.23. The number of aromatic nitrogens is 1. The molecule has 4 heteroatoms. The van der Waals surface area contributed by atoms with Gasteiger partial charge in [-0.1, -0.05) is 25.1 Å². The molecule has 1 heterocycles. The second kappa shape index (κ2) is 6.28. The molecule has 4 nitrogen and oxygen atoms in total. The quantitative estimate of drug-likeness (QED) is 0.879. The van der Waals surface area contributed by atoms with Crippen molar-refractivity contribution in [1.82, 2.24) is 4.57 Å². The number of benzene rings is 1. The van der Waals surface area contributed by atoms with Gasteiger partial charge in [-0.25, -0.2) is 0 Å². The molecular weight excluding hydrogens is 252 g/mol. The van der Waals surface area contributed by atoms with E-state index < -0.39 is 0 Å². The van der Waals surface area contributed by atoms with Crippen LogP contribution in [0.2, 0.25) is 0 Å². The van der Waals surface area contributed by atoms with Crippen molar-refractivity contribution < 1.29 is 5.11 Å². The normalized spacial score (nSPS) is 12.1. The molecule has 2 rings (SSSR count). The predicted octanol–water partition coefficient (Wildman–Crippen LogP) is 3.14. The Morgan fingerprint density at radius 1 is 1.25 bits per heavy atom. The number of nitrogens with zero attached hydrogens (tertiary/aromatic N) is 1. The largest absolute Gasteiger partial charge is 0.508 e. The van der Waals surface area contributed by atoms with Gasteiger partial charge in [-0.05, 0) is 25.5 Å². The summed E-state index contributed by atoms with van der Waals surface area (Å²) in [7, 11) is 0. The molecule has 0 bridgehead atoms. The Labute approximate surface area is 118 Å². The Morgan fingerprint density at radius 3 is 2.70 bits per heavy atom. The van der Waals surface area contributed by atoms with Crippen LogP contribution in [0.4, 0.5) is 5.69 Å². The molecule has 20 heavy (non-hydrogen) atoms.